The molecule has 6 nitrogen and oxygen atoms in total. The third-order valence-electron chi connectivity index (χ3n) is 2.84. The molecule has 0 spiro atoms. The zero-order valence-corrected chi connectivity index (χ0v) is 16.5. The summed E-state index contributed by atoms with van der Waals surface area (Å²) < 4.78 is 26.7. The number of nitrogens with zero attached hydrogens (tertiary/aromatic N) is 1. The fourth-order valence-corrected chi connectivity index (χ4v) is 2.83. The lowest BCUT2D eigenvalue weighted by atomic mass is 10.2. The van der Waals surface area contributed by atoms with Gasteiger partial charge in [0.15, 0.2) is 5.96 Å². The summed E-state index contributed by atoms with van der Waals surface area (Å²) >= 11 is 0. The Hall–Kier alpha value is -0.870. The first-order valence-corrected chi connectivity index (χ1v) is 8.34. The predicted octanol–water partition coefficient (Wildman–Crippen LogP) is 1.53. The topological polar surface area (TPSA) is 82.6 Å². The van der Waals surface area contributed by atoms with Gasteiger partial charge >= 0.3 is 0 Å². The van der Waals surface area contributed by atoms with E-state index in [4.69, 9.17) is 0 Å². The minimum absolute atomic E-state index is 0. The normalized spacial score (nSPS) is 12.0. The zero-order valence-electron chi connectivity index (χ0n) is 13.4. The highest BCUT2D eigenvalue weighted by Crippen LogP contribution is 2.10. The summed E-state index contributed by atoms with van der Waals surface area (Å²) in [5, 5.41) is 6.03. The van der Waals surface area contributed by atoms with Crippen LogP contribution in [-0.4, -0.2) is 35.0 Å². The van der Waals surface area contributed by atoms with E-state index in [1.807, 2.05) is 13.8 Å². The number of benzene rings is 1. The minimum Gasteiger partial charge on any atom is -0.359 e. The van der Waals surface area contributed by atoms with Crippen LogP contribution in [-0.2, 0) is 16.6 Å². The fourth-order valence-electron chi connectivity index (χ4n) is 1.61. The van der Waals surface area contributed by atoms with Crippen molar-refractivity contribution in [3.63, 3.8) is 0 Å². The van der Waals surface area contributed by atoms with Crippen LogP contribution in [0.1, 0.15) is 19.4 Å². The lowest BCUT2D eigenvalue weighted by molar-refractivity contribution is 0.560. The van der Waals surface area contributed by atoms with Crippen molar-refractivity contribution in [2.45, 2.75) is 25.3 Å². The van der Waals surface area contributed by atoms with E-state index in [1.165, 1.54) is 0 Å². The number of hydrogen-bond acceptors (Lipinski definition) is 3. The van der Waals surface area contributed by atoms with Gasteiger partial charge in [0, 0.05) is 27.2 Å². The highest BCUT2D eigenvalue weighted by molar-refractivity contribution is 14.0. The first-order chi connectivity index (χ1) is 9.89. The number of nitrogens with one attached hydrogen (secondary N) is 3. The zero-order chi connectivity index (χ0) is 15.9. The van der Waals surface area contributed by atoms with E-state index >= 15 is 0 Å². The summed E-state index contributed by atoms with van der Waals surface area (Å²) in [7, 11) is 0.0533. The molecule has 0 heterocycles. The molecule has 0 radical (unpaired) electrons. The second-order valence-corrected chi connectivity index (χ2v) is 6.83. The van der Waals surface area contributed by atoms with Crippen molar-refractivity contribution in [3.05, 3.63) is 29.8 Å². The number of aliphatic imine (C=N–C) groups is 1. The molecule has 0 aliphatic rings. The Morgan fingerprint density at radius 1 is 1.23 bits per heavy atom. The van der Waals surface area contributed by atoms with E-state index in [-0.39, 0.29) is 34.8 Å². The number of guanidine groups is 1. The second kappa shape index (κ2) is 10.0. The Bertz CT molecular complexity index is 571. The van der Waals surface area contributed by atoms with Gasteiger partial charge in [0.1, 0.15) is 0 Å². The minimum atomic E-state index is -3.42. The Morgan fingerprint density at radius 2 is 1.82 bits per heavy atom. The van der Waals surface area contributed by atoms with Crippen molar-refractivity contribution in [2.75, 3.05) is 20.6 Å². The number of hydrogen-bond donors (Lipinski definition) is 3. The Balaban J connectivity index is 0.00000441. The van der Waals surface area contributed by atoms with Crippen LogP contribution in [0.4, 0.5) is 0 Å². The number of rotatable bonds is 6. The summed E-state index contributed by atoms with van der Waals surface area (Å²) in [5.74, 6) is 0.960. The first kappa shape index (κ1) is 21.1. The lowest BCUT2D eigenvalue weighted by Crippen LogP contribution is -2.34. The average Bonchev–Trinajstić information content (AvgIpc) is 2.47. The molecule has 0 aliphatic carbocycles. The SMILES string of the molecule is CN=C(NC)NCc1ccc(S(=O)(=O)NCC(C)C)cc1.I. The molecule has 0 atom stereocenters. The summed E-state index contributed by atoms with van der Waals surface area (Å²) in [6, 6.07) is 6.81. The van der Waals surface area contributed by atoms with Gasteiger partial charge < -0.3 is 10.6 Å². The monoisotopic (exact) mass is 440 g/mol. The van der Waals surface area contributed by atoms with Crippen molar-refractivity contribution in [2.24, 2.45) is 10.9 Å². The largest absolute Gasteiger partial charge is 0.359 e. The molecular weight excluding hydrogens is 415 g/mol. The first-order valence-electron chi connectivity index (χ1n) is 6.86. The Labute approximate surface area is 150 Å². The average molecular weight is 440 g/mol. The van der Waals surface area contributed by atoms with Crippen molar-refractivity contribution in [3.8, 4) is 0 Å². The molecule has 1 aromatic rings. The van der Waals surface area contributed by atoms with Gasteiger partial charge in [-0.05, 0) is 23.6 Å². The van der Waals surface area contributed by atoms with Gasteiger partial charge in [-0.3, -0.25) is 4.99 Å². The van der Waals surface area contributed by atoms with Gasteiger partial charge in [0.05, 0.1) is 4.90 Å². The van der Waals surface area contributed by atoms with E-state index in [0.29, 0.717) is 19.0 Å². The second-order valence-electron chi connectivity index (χ2n) is 5.07. The summed E-state index contributed by atoms with van der Waals surface area (Å²) in [4.78, 5) is 4.29. The number of sulfonamides is 1. The van der Waals surface area contributed by atoms with E-state index in [9.17, 15) is 8.42 Å². The summed E-state index contributed by atoms with van der Waals surface area (Å²) in [6.45, 7) is 4.94. The van der Waals surface area contributed by atoms with Gasteiger partial charge in [0.25, 0.3) is 0 Å². The van der Waals surface area contributed by atoms with Crippen molar-refractivity contribution < 1.29 is 8.42 Å². The molecule has 0 saturated carbocycles. The quantitative estimate of drug-likeness (QED) is 0.356. The standard InChI is InChI=1S/C14H24N4O2S.HI/c1-11(2)9-18-21(19,20)13-7-5-12(6-8-13)10-17-14(15-3)16-4;/h5-8,11,18H,9-10H2,1-4H3,(H2,15,16,17);1H. The maximum atomic E-state index is 12.1. The van der Waals surface area contributed by atoms with Gasteiger partial charge in [-0.25, -0.2) is 13.1 Å². The molecule has 126 valence electrons. The molecule has 8 heteroatoms. The Morgan fingerprint density at radius 3 is 2.27 bits per heavy atom. The molecule has 0 aromatic heterocycles. The van der Waals surface area contributed by atoms with E-state index in [1.54, 1.807) is 38.4 Å². The van der Waals surface area contributed by atoms with Gasteiger partial charge in [0.2, 0.25) is 10.0 Å². The highest BCUT2D eigenvalue weighted by Gasteiger charge is 2.13. The maximum absolute atomic E-state index is 12.1. The van der Waals surface area contributed by atoms with Crippen molar-refractivity contribution in [1.82, 2.24) is 15.4 Å². The molecule has 0 aliphatic heterocycles. The molecule has 0 unspecified atom stereocenters. The maximum Gasteiger partial charge on any atom is 0.240 e. The van der Waals surface area contributed by atoms with Crippen LogP contribution in [0.2, 0.25) is 0 Å². The molecular formula is C14H25IN4O2S. The molecule has 3 N–H and O–H groups in total. The molecule has 0 amide bonds. The summed E-state index contributed by atoms with van der Waals surface area (Å²) in [6.07, 6.45) is 0. The van der Waals surface area contributed by atoms with Crippen LogP contribution in [0.3, 0.4) is 0 Å². The predicted molar refractivity (Wildman–Crippen MR) is 101 cm³/mol. The van der Waals surface area contributed by atoms with Gasteiger partial charge in [-0.15, -0.1) is 24.0 Å². The van der Waals surface area contributed by atoms with Crippen LogP contribution in [0.5, 0.6) is 0 Å². The van der Waals surface area contributed by atoms with Crippen LogP contribution in [0, 0.1) is 5.92 Å². The van der Waals surface area contributed by atoms with Crippen LogP contribution in [0.25, 0.3) is 0 Å². The van der Waals surface area contributed by atoms with Gasteiger partial charge in [-0.1, -0.05) is 26.0 Å². The third kappa shape index (κ3) is 6.93. The Kier molecular flexibility index (Phi) is 9.61. The lowest BCUT2D eigenvalue weighted by Gasteiger charge is -2.11. The smallest absolute Gasteiger partial charge is 0.240 e. The molecule has 0 bridgehead atoms. The van der Waals surface area contributed by atoms with E-state index in [0.717, 1.165) is 5.56 Å². The molecule has 1 aromatic carbocycles. The highest BCUT2D eigenvalue weighted by atomic mass is 127. The number of halogens is 1. The third-order valence-corrected chi connectivity index (χ3v) is 4.28. The van der Waals surface area contributed by atoms with Gasteiger partial charge in [-0.2, -0.15) is 0 Å². The van der Waals surface area contributed by atoms with Crippen LogP contribution < -0.4 is 15.4 Å². The van der Waals surface area contributed by atoms with Crippen molar-refractivity contribution in [1.29, 1.82) is 0 Å². The van der Waals surface area contributed by atoms with E-state index in [2.05, 4.69) is 20.3 Å². The van der Waals surface area contributed by atoms with Crippen LogP contribution in [0.15, 0.2) is 34.2 Å². The molecule has 0 fully saturated rings. The fraction of sp³-hybridized carbons (Fsp3) is 0.500. The summed E-state index contributed by atoms with van der Waals surface area (Å²) in [5.41, 5.74) is 0.981. The molecule has 1 rings (SSSR count). The van der Waals surface area contributed by atoms with E-state index < -0.39 is 10.0 Å². The van der Waals surface area contributed by atoms with Crippen LogP contribution >= 0.6 is 24.0 Å². The van der Waals surface area contributed by atoms with Crippen molar-refractivity contribution >= 4 is 40.0 Å². The molecule has 22 heavy (non-hydrogen) atoms. The molecule has 0 saturated heterocycles.